The van der Waals surface area contributed by atoms with E-state index in [1.165, 1.54) is 42.3 Å². The van der Waals surface area contributed by atoms with Crippen molar-refractivity contribution in [3.8, 4) is 28.4 Å². The lowest BCUT2D eigenvalue weighted by Crippen LogP contribution is -2.08. The molecule has 1 N–H and O–H groups in total. The van der Waals surface area contributed by atoms with Crippen LogP contribution < -0.4 is 9.47 Å². The van der Waals surface area contributed by atoms with E-state index in [1.54, 1.807) is 12.1 Å². The van der Waals surface area contributed by atoms with Gasteiger partial charge in [0.1, 0.15) is 41.2 Å². The highest BCUT2D eigenvalue weighted by Crippen LogP contribution is 2.45. The van der Waals surface area contributed by atoms with E-state index < -0.39 is 23.4 Å². The fourth-order valence-electron chi connectivity index (χ4n) is 4.66. The van der Waals surface area contributed by atoms with Gasteiger partial charge in [0.15, 0.2) is 0 Å². The van der Waals surface area contributed by atoms with Crippen molar-refractivity contribution in [2.24, 2.45) is 5.92 Å². The summed E-state index contributed by atoms with van der Waals surface area (Å²) < 4.78 is 55.9. The Morgan fingerprint density at radius 1 is 1.05 bits per heavy atom. The van der Waals surface area contributed by atoms with Crippen molar-refractivity contribution in [3.05, 3.63) is 95.4 Å². The van der Waals surface area contributed by atoms with Gasteiger partial charge in [-0.25, -0.2) is 17.9 Å². The summed E-state index contributed by atoms with van der Waals surface area (Å²) in [5.74, 6) is -1.92. The Balaban J connectivity index is 1.50. The second kappa shape index (κ2) is 10.6. The van der Waals surface area contributed by atoms with Crippen LogP contribution in [0.1, 0.15) is 36.3 Å². The molecular formula is C29H25F3N2O4. The molecule has 0 bridgehead atoms. The normalized spacial score (nSPS) is 13.8. The lowest BCUT2D eigenvalue weighted by atomic mass is 9.91. The van der Waals surface area contributed by atoms with Crippen LogP contribution in [-0.2, 0) is 11.4 Å². The standard InChI is InChI=1S/C29H25F3N2O4/c1-37-21-8-10-25(31)27(13-21)34-29(23-9-7-20(30)12-26(23)32)19(15-33-34)16-38-22-4-2-3-18(11-22)24(14-28(35)36)17-5-6-17/h2-4,7-13,15,17,24H,5-6,14,16H2,1H3,(H,35,36)/t24-/m0/s1. The molecule has 0 radical (unpaired) electrons. The second-order valence-corrected chi connectivity index (χ2v) is 9.27. The molecule has 1 atom stereocenters. The molecule has 6 nitrogen and oxygen atoms in total. The maximum Gasteiger partial charge on any atom is 0.303 e. The Labute approximate surface area is 217 Å². The third-order valence-electron chi connectivity index (χ3n) is 6.68. The molecular weight excluding hydrogens is 497 g/mol. The van der Waals surface area contributed by atoms with Gasteiger partial charge in [-0.3, -0.25) is 4.79 Å². The zero-order valence-electron chi connectivity index (χ0n) is 20.5. The molecule has 1 heterocycles. The average Bonchev–Trinajstić information content (AvgIpc) is 3.66. The van der Waals surface area contributed by atoms with Crippen molar-refractivity contribution < 1.29 is 32.5 Å². The smallest absolute Gasteiger partial charge is 0.303 e. The molecule has 196 valence electrons. The zero-order valence-corrected chi connectivity index (χ0v) is 20.5. The van der Waals surface area contributed by atoms with Crippen molar-refractivity contribution in [2.75, 3.05) is 7.11 Å². The highest BCUT2D eigenvalue weighted by Gasteiger charge is 2.34. The number of ether oxygens (including phenoxy) is 2. The topological polar surface area (TPSA) is 73.6 Å². The lowest BCUT2D eigenvalue weighted by molar-refractivity contribution is -0.137. The number of nitrogens with zero attached hydrogens (tertiary/aromatic N) is 2. The average molecular weight is 523 g/mol. The van der Waals surface area contributed by atoms with Crippen molar-refractivity contribution in [3.63, 3.8) is 0 Å². The molecule has 5 rings (SSSR count). The Morgan fingerprint density at radius 2 is 1.87 bits per heavy atom. The molecule has 1 fully saturated rings. The molecule has 9 heteroatoms. The van der Waals surface area contributed by atoms with Crippen LogP contribution >= 0.6 is 0 Å². The number of hydrogen-bond donors (Lipinski definition) is 1. The van der Waals surface area contributed by atoms with Crippen molar-refractivity contribution in [1.29, 1.82) is 0 Å². The molecule has 4 aromatic rings. The Bertz CT molecular complexity index is 1480. The van der Waals surface area contributed by atoms with Crippen LogP contribution in [0.5, 0.6) is 11.5 Å². The second-order valence-electron chi connectivity index (χ2n) is 9.27. The van der Waals surface area contributed by atoms with E-state index in [-0.39, 0.29) is 35.9 Å². The third-order valence-corrected chi connectivity index (χ3v) is 6.68. The van der Waals surface area contributed by atoms with E-state index in [4.69, 9.17) is 9.47 Å². The summed E-state index contributed by atoms with van der Waals surface area (Å²) >= 11 is 0. The van der Waals surface area contributed by atoms with Gasteiger partial charge in [-0.2, -0.15) is 5.10 Å². The summed E-state index contributed by atoms with van der Waals surface area (Å²) in [4.78, 5) is 11.4. The molecule has 1 saturated carbocycles. The molecule has 1 aliphatic carbocycles. The van der Waals surface area contributed by atoms with E-state index in [1.807, 2.05) is 12.1 Å². The van der Waals surface area contributed by atoms with E-state index in [0.29, 0.717) is 23.0 Å². The Hall–Kier alpha value is -4.27. The number of hydrogen-bond acceptors (Lipinski definition) is 4. The fraction of sp³-hybridized carbons (Fsp3) is 0.241. The minimum atomic E-state index is -0.851. The van der Waals surface area contributed by atoms with Gasteiger partial charge in [-0.05, 0) is 66.6 Å². The van der Waals surface area contributed by atoms with Gasteiger partial charge in [0.2, 0.25) is 0 Å². The van der Waals surface area contributed by atoms with Crippen LogP contribution in [-0.4, -0.2) is 28.0 Å². The van der Waals surface area contributed by atoms with Crippen molar-refractivity contribution in [1.82, 2.24) is 9.78 Å². The molecule has 0 aliphatic heterocycles. The lowest BCUT2D eigenvalue weighted by Gasteiger charge is -2.16. The molecule has 0 spiro atoms. The van der Waals surface area contributed by atoms with Crippen LogP contribution in [0.4, 0.5) is 13.2 Å². The molecule has 0 unspecified atom stereocenters. The molecule has 38 heavy (non-hydrogen) atoms. The monoisotopic (exact) mass is 522 g/mol. The van der Waals surface area contributed by atoms with E-state index >= 15 is 0 Å². The highest BCUT2D eigenvalue weighted by molar-refractivity contribution is 5.68. The van der Waals surface area contributed by atoms with E-state index in [9.17, 15) is 23.1 Å². The number of benzene rings is 3. The first-order valence-electron chi connectivity index (χ1n) is 12.1. The molecule has 3 aromatic carbocycles. The number of rotatable bonds is 10. The first-order chi connectivity index (χ1) is 18.3. The van der Waals surface area contributed by atoms with Gasteiger partial charge >= 0.3 is 5.97 Å². The fourth-order valence-corrected chi connectivity index (χ4v) is 4.66. The van der Waals surface area contributed by atoms with Crippen molar-refractivity contribution in [2.45, 2.75) is 31.8 Å². The predicted octanol–water partition coefficient (Wildman–Crippen LogP) is 6.51. The van der Waals surface area contributed by atoms with E-state index in [2.05, 4.69) is 5.10 Å². The largest absolute Gasteiger partial charge is 0.497 e. The highest BCUT2D eigenvalue weighted by atomic mass is 19.1. The van der Waals surface area contributed by atoms with Gasteiger partial charge in [-0.15, -0.1) is 0 Å². The summed E-state index contributed by atoms with van der Waals surface area (Å²) in [5, 5.41) is 13.6. The number of halogens is 3. The first-order valence-corrected chi connectivity index (χ1v) is 12.1. The Kier molecular flexibility index (Phi) is 7.09. The maximum absolute atomic E-state index is 14.9. The number of aromatic nitrogens is 2. The SMILES string of the molecule is COc1ccc(F)c(-n2ncc(COc3cccc([C@@H](CC(=O)O)C4CC4)c3)c2-c2ccc(F)cc2F)c1. The quantitative estimate of drug-likeness (QED) is 0.257. The first kappa shape index (κ1) is 25.4. The molecule has 1 aromatic heterocycles. The molecule has 0 amide bonds. The van der Waals surface area contributed by atoms with Crippen LogP contribution in [0.2, 0.25) is 0 Å². The van der Waals surface area contributed by atoms with Gasteiger partial charge < -0.3 is 14.6 Å². The molecule has 1 aliphatic rings. The zero-order chi connectivity index (χ0) is 26.8. The van der Waals surface area contributed by atoms with Crippen LogP contribution in [0, 0.1) is 23.4 Å². The summed E-state index contributed by atoms with van der Waals surface area (Å²) in [7, 11) is 1.44. The minimum Gasteiger partial charge on any atom is -0.497 e. The number of methoxy groups -OCH3 is 1. The number of carboxylic acids is 1. The summed E-state index contributed by atoms with van der Waals surface area (Å²) in [6, 6.07) is 14.5. The maximum atomic E-state index is 14.9. The van der Waals surface area contributed by atoms with Gasteiger partial charge in [0.05, 0.1) is 25.4 Å². The van der Waals surface area contributed by atoms with Gasteiger partial charge in [-0.1, -0.05) is 12.1 Å². The number of carbonyl (C=O) groups is 1. The summed E-state index contributed by atoms with van der Waals surface area (Å²) in [6.07, 6.45) is 3.48. The van der Waals surface area contributed by atoms with Crippen molar-refractivity contribution >= 4 is 5.97 Å². The van der Waals surface area contributed by atoms with Crippen LogP contribution in [0.3, 0.4) is 0 Å². The van der Waals surface area contributed by atoms with Crippen LogP contribution in [0.15, 0.2) is 66.9 Å². The third kappa shape index (κ3) is 5.37. The molecule has 0 saturated heterocycles. The van der Waals surface area contributed by atoms with Gasteiger partial charge in [0.25, 0.3) is 0 Å². The van der Waals surface area contributed by atoms with Gasteiger partial charge in [0, 0.05) is 23.3 Å². The van der Waals surface area contributed by atoms with E-state index in [0.717, 1.165) is 30.5 Å². The predicted molar refractivity (Wildman–Crippen MR) is 134 cm³/mol. The summed E-state index contributed by atoms with van der Waals surface area (Å²) in [6.45, 7) is -0.0474. The Morgan fingerprint density at radius 3 is 2.58 bits per heavy atom. The number of aliphatic carboxylic acids is 1. The minimum absolute atomic E-state index is 0.0220. The number of carboxylic acid groups (broad SMARTS) is 1. The summed E-state index contributed by atoms with van der Waals surface area (Å²) in [5.41, 5.74) is 1.57. The van der Waals surface area contributed by atoms with Crippen LogP contribution in [0.25, 0.3) is 16.9 Å².